The molecule has 1 atom stereocenters. The molecule has 1 aromatic heterocycles. The van der Waals surface area contributed by atoms with Crippen LogP contribution in [0.2, 0.25) is 0 Å². The lowest BCUT2D eigenvalue weighted by Gasteiger charge is -2.25. The van der Waals surface area contributed by atoms with Crippen LogP contribution in [0.1, 0.15) is 50.6 Å². The second-order valence-electron chi connectivity index (χ2n) is 7.52. The maximum absolute atomic E-state index is 13.3. The minimum atomic E-state index is -0.188. The van der Waals surface area contributed by atoms with Crippen molar-refractivity contribution in [3.05, 3.63) is 94.3 Å². The third kappa shape index (κ3) is 3.63. The van der Waals surface area contributed by atoms with E-state index in [2.05, 4.69) is 37.9 Å². The second kappa shape index (κ2) is 7.51. The Morgan fingerprint density at radius 2 is 1.76 bits per heavy atom. The molecule has 2 aromatic carbocycles. The van der Waals surface area contributed by atoms with Gasteiger partial charge in [0.25, 0.3) is 5.91 Å². The van der Waals surface area contributed by atoms with Crippen molar-refractivity contribution < 1.29 is 9.90 Å². The van der Waals surface area contributed by atoms with Crippen molar-refractivity contribution in [2.45, 2.75) is 33.2 Å². The first-order valence-electron chi connectivity index (χ1n) is 9.62. The molecule has 0 saturated carbocycles. The van der Waals surface area contributed by atoms with Crippen LogP contribution in [0, 0.1) is 20.8 Å². The van der Waals surface area contributed by atoms with Gasteiger partial charge in [0.05, 0.1) is 17.3 Å². The SMILES string of the molecule is Cc1cc(C)c(C2CC(c3ccc(O)cc3)=NN2C(=O)c2cccnc2)c(C)c1. The van der Waals surface area contributed by atoms with Crippen LogP contribution in [0.25, 0.3) is 0 Å². The number of phenolic OH excluding ortho intramolecular Hbond substituents is 1. The van der Waals surface area contributed by atoms with Crippen molar-refractivity contribution in [2.75, 3.05) is 0 Å². The van der Waals surface area contributed by atoms with E-state index in [4.69, 9.17) is 5.10 Å². The largest absolute Gasteiger partial charge is 0.508 e. The van der Waals surface area contributed by atoms with Crippen LogP contribution in [-0.4, -0.2) is 26.7 Å². The van der Waals surface area contributed by atoms with E-state index in [1.54, 1.807) is 41.7 Å². The lowest BCUT2D eigenvalue weighted by Crippen LogP contribution is -2.28. The van der Waals surface area contributed by atoms with Crippen LogP contribution in [0.3, 0.4) is 0 Å². The fourth-order valence-electron chi connectivity index (χ4n) is 4.09. The van der Waals surface area contributed by atoms with Gasteiger partial charge in [-0.05, 0) is 79.4 Å². The number of pyridine rings is 1. The summed E-state index contributed by atoms with van der Waals surface area (Å²) >= 11 is 0. The molecule has 0 bridgehead atoms. The first-order chi connectivity index (χ1) is 13.9. The zero-order valence-corrected chi connectivity index (χ0v) is 16.8. The number of carbonyl (C=O) groups is 1. The van der Waals surface area contributed by atoms with Gasteiger partial charge in [0, 0.05) is 18.8 Å². The predicted molar refractivity (Wildman–Crippen MR) is 113 cm³/mol. The number of hydrogen-bond acceptors (Lipinski definition) is 4. The summed E-state index contributed by atoms with van der Waals surface area (Å²) in [6, 6.07) is 14.6. The third-order valence-electron chi connectivity index (χ3n) is 5.30. The van der Waals surface area contributed by atoms with Crippen LogP contribution in [0.5, 0.6) is 5.75 Å². The molecule has 1 amide bonds. The fraction of sp³-hybridized carbons (Fsp3) is 0.208. The highest BCUT2D eigenvalue weighted by Crippen LogP contribution is 2.37. The van der Waals surface area contributed by atoms with Crippen molar-refractivity contribution in [3.63, 3.8) is 0 Å². The highest BCUT2D eigenvalue weighted by Gasteiger charge is 2.35. The number of phenols is 1. The molecule has 0 aliphatic carbocycles. The molecule has 1 N–H and O–H groups in total. The van der Waals surface area contributed by atoms with Gasteiger partial charge in [-0.2, -0.15) is 5.10 Å². The molecule has 5 heteroatoms. The summed E-state index contributed by atoms with van der Waals surface area (Å²) in [4.78, 5) is 17.4. The van der Waals surface area contributed by atoms with E-state index in [9.17, 15) is 9.90 Å². The summed E-state index contributed by atoms with van der Waals surface area (Å²) in [6.07, 6.45) is 3.83. The van der Waals surface area contributed by atoms with Gasteiger partial charge in [-0.25, -0.2) is 5.01 Å². The number of aromatic hydroxyl groups is 1. The highest BCUT2D eigenvalue weighted by molar-refractivity contribution is 6.05. The summed E-state index contributed by atoms with van der Waals surface area (Å²) < 4.78 is 0. The van der Waals surface area contributed by atoms with E-state index >= 15 is 0 Å². The minimum Gasteiger partial charge on any atom is -0.508 e. The molecule has 0 spiro atoms. The van der Waals surface area contributed by atoms with E-state index in [0.29, 0.717) is 12.0 Å². The molecule has 1 aliphatic rings. The summed E-state index contributed by atoms with van der Waals surface area (Å²) in [7, 11) is 0. The van der Waals surface area contributed by atoms with E-state index in [1.165, 1.54) is 5.56 Å². The number of benzene rings is 2. The van der Waals surface area contributed by atoms with Gasteiger partial charge in [-0.3, -0.25) is 9.78 Å². The Labute approximate surface area is 170 Å². The molecular weight excluding hydrogens is 362 g/mol. The third-order valence-corrected chi connectivity index (χ3v) is 5.30. The average Bonchev–Trinajstić information content (AvgIpc) is 3.12. The van der Waals surface area contributed by atoms with Crippen LogP contribution < -0.4 is 0 Å². The van der Waals surface area contributed by atoms with Gasteiger partial charge >= 0.3 is 0 Å². The Hall–Kier alpha value is -3.47. The molecule has 4 rings (SSSR count). The summed E-state index contributed by atoms with van der Waals surface area (Å²) in [5.74, 6) is 0.0358. The molecule has 0 fully saturated rings. The number of hydrogen-bond donors (Lipinski definition) is 1. The highest BCUT2D eigenvalue weighted by atomic mass is 16.3. The van der Waals surface area contributed by atoms with E-state index in [0.717, 1.165) is 28.0 Å². The maximum atomic E-state index is 13.3. The first kappa shape index (κ1) is 18.9. The van der Waals surface area contributed by atoms with Crippen LogP contribution in [0.4, 0.5) is 0 Å². The second-order valence-corrected chi connectivity index (χ2v) is 7.52. The Kier molecular flexibility index (Phi) is 4.89. The van der Waals surface area contributed by atoms with E-state index in [1.807, 2.05) is 12.1 Å². The molecule has 5 nitrogen and oxygen atoms in total. The maximum Gasteiger partial charge on any atom is 0.276 e. The molecule has 29 heavy (non-hydrogen) atoms. The number of aryl methyl sites for hydroxylation is 3. The van der Waals surface area contributed by atoms with Crippen molar-refractivity contribution in [1.29, 1.82) is 0 Å². The molecule has 146 valence electrons. The van der Waals surface area contributed by atoms with Crippen molar-refractivity contribution in [1.82, 2.24) is 9.99 Å². The van der Waals surface area contributed by atoms with Crippen LogP contribution >= 0.6 is 0 Å². The first-order valence-corrected chi connectivity index (χ1v) is 9.62. The Morgan fingerprint density at radius 3 is 2.38 bits per heavy atom. The Balaban J connectivity index is 1.79. The van der Waals surface area contributed by atoms with Gasteiger partial charge in [0.2, 0.25) is 0 Å². The molecule has 1 unspecified atom stereocenters. The summed E-state index contributed by atoms with van der Waals surface area (Å²) in [6.45, 7) is 6.25. The molecule has 2 heterocycles. The van der Waals surface area contributed by atoms with Gasteiger partial charge in [0.1, 0.15) is 5.75 Å². The zero-order valence-electron chi connectivity index (χ0n) is 16.8. The summed E-state index contributed by atoms with van der Waals surface area (Å²) in [5, 5.41) is 15.9. The molecule has 0 saturated heterocycles. The van der Waals surface area contributed by atoms with Crippen LogP contribution in [-0.2, 0) is 0 Å². The number of aromatic nitrogens is 1. The fourth-order valence-corrected chi connectivity index (χ4v) is 4.09. The molecule has 1 aliphatic heterocycles. The number of hydrazone groups is 1. The number of amides is 1. The minimum absolute atomic E-state index is 0.170. The number of carbonyl (C=O) groups excluding carboxylic acids is 1. The number of rotatable bonds is 3. The molecule has 0 radical (unpaired) electrons. The van der Waals surface area contributed by atoms with E-state index < -0.39 is 0 Å². The van der Waals surface area contributed by atoms with Gasteiger partial charge in [-0.15, -0.1) is 0 Å². The zero-order chi connectivity index (χ0) is 20.5. The van der Waals surface area contributed by atoms with Crippen LogP contribution in [0.15, 0.2) is 66.0 Å². The van der Waals surface area contributed by atoms with Gasteiger partial charge < -0.3 is 5.11 Å². The molecular formula is C24H23N3O2. The molecule has 3 aromatic rings. The average molecular weight is 385 g/mol. The topological polar surface area (TPSA) is 65.8 Å². The smallest absolute Gasteiger partial charge is 0.276 e. The van der Waals surface area contributed by atoms with Crippen molar-refractivity contribution >= 4 is 11.6 Å². The Bertz CT molecular complexity index is 1070. The lowest BCUT2D eigenvalue weighted by atomic mass is 9.90. The normalized spacial score (nSPS) is 16.0. The quantitative estimate of drug-likeness (QED) is 0.710. The van der Waals surface area contributed by atoms with Crippen molar-refractivity contribution in [3.8, 4) is 5.75 Å². The monoisotopic (exact) mass is 385 g/mol. The van der Waals surface area contributed by atoms with E-state index in [-0.39, 0.29) is 17.7 Å². The standard InChI is InChI=1S/C24H23N3O2/c1-15-11-16(2)23(17(3)12-15)22-13-21(18-6-8-20(28)9-7-18)26-27(22)24(29)19-5-4-10-25-14-19/h4-12,14,22,28H,13H2,1-3H3. The Morgan fingerprint density at radius 1 is 1.07 bits per heavy atom. The summed E-state index contributed by atoms with van der Waals surface area (Å²) in [5.41, 5.74) is 6.87. The van der Waals surface area contributed by atoms with Gasteiger partial charge in [-0.1, -0.05) is 17.7 Å². The lowest BCUT2D eigenvalue weighted by molar-refractivity contribution is 0.0710. The van der Waals surface area contributed by atoms with Crippen molar-refractivity contribution in [2.24, 2.45) is 5.10 Å². The van der Waals surface area contributed by atoms with Gasteiger partial charge in [0.15, 0.2) is 0 Å². The number of nitrogens with zero attached hydrogens (tertiary/aromatic N) is 3. The predicted octanol–water partition coefficient (Wildman–Crippen LogP) is 4.70.